The van der Waals surface area contributed by atoms with Gasteiger partial charge < -0.3 is 20.1 Å². The van der Waals surface area contributed by atoms with Crippen LogP contribution in [-0.4, -0.2) is 56.0 Å². The van der Waals surface area contributed by atoms with Crippen molar-refractivity contribution in [3.8, 4) is 5.75 Å². The van der Waals surface area contributed by atoms with E-state index in [0.717, 1.165) is 57.3 Å². The normalized spacial score (nSPS) is 15.0. The fourth-order valence-electron chi connectivity index (χ4n) is 2.32. The number of thiocarbonyl (C=S) groups is 1. The molecule has 0 bridgehead atoms. The Kier molecular flexibility index (Phi) is 7.86. The van der Waals surface area contributed by atoms with E-state index in [1.165, 1.54) is 0 Å². The molecule has 1 heterocycles. The molecule has 5 nitrogen and oxygen atoms in total. The molecular weight excluding hydrogens is 310 g/mol. The molecule has 1 aliphatic rings. The Bertz CT molecular complexity index is 504. The highest BCUT2D eigenvalue weighted by molar-refractivity contribution is 7.80. The topological polar surface area (TPSA) is 45.8 Å². The summed E-state index contributed by atoms with van der Waals surface area (Å²) in [4.78, 5) is 2.42. The van der Waals surface area contributed by atoms with E-state index in [9.17, 15) is 0 Å². The van der Waals surface area contributed by atoms with Crippen LogP contribution in [0, 0.1) is 0 Å². The second-order valence-electron chi connectivity index (χ2n) is 5.32. The van der Waals surface area contributed by atoms with Crippen molar-refractivity contribution in [3.05, 3.63) is 36.9 Å². The van der Waals surface area contributed by atoms with E-state index in [1.807, 2.05) is 24.3 Å². The summed E-state index contributed by atoms with van der Waals surface area (Å²) in [6, 6.07) is 7.73. The summed E-state index contributed by atoms with van der Waals surface area (Å²) >= 11 is 5.32. The Morgan fingerprint density at radius 1 is 1.39 bits per heavy atom. The molecule has 0 amide bonds. The highest BCUT2D eigenvalue weighted by atomic mass is 32.1. The van der Waals surface area contributed by atoms with Gasteiger partial charge in [-0.25, -0.2) is 0 Å². The van der Waals surface area contributed by atoms with Crippen LogP contribution in [0.1, 0.15) is 6.42 Å². The molecule has 0 atom stereocenters. The highest BCUT2D eigenvalue weighted by Gasteiger charge is 2.09. The summed E-state index contributed by atoms with van der Waals surface area (Å²) in [5.41, 5.74) is 0.914. The fraction of sp³-hybridized carbons (Fsp3) is 0.471. The van der Waals surface area contributed by atoms with Crippen LogP contribution in [0.2, 0.25) is 0 Å². The lowest BCUT2D eigenvalue weighted by Gasteiger charge is -2.26. The van der Waals surface area contributed by atoms with Crippen LogP contribution >= 0.6 is 12.2 Å². The van der Waals surface area contributed by atoms with Crippen molar-refractivity contribution in [1.29, 1.82) is 0 Å². The van der Waals surface area contributed by atoms with Gasteiger partial charge in [0.05, 0.1) is 13.2 Å². The van der Waals surface area contributed by atoms with Crippen molar-refractivity contribution < 1.29 is 9.47 Å². The van der Waals surface area contributed by atoms with Gasteiger partial charge in [0.2, 0.25) is 0 Å². The molecule has 23 heavy (non-hydrogen) atoms. The standard InChI is InChI=1S/C17H25N3O2S/c1-2-11-22-16-6-3-5-15(14-16)19-17(23)18-7-4-8-20-9-12-21-13-10-20/h2-3,5-6,14H,1,4,7-13H2,(H2,18,19,23). The first-order valence-electron chi connectivity index (χ1n) is 7.96. The number of morpholine rings is 1. The number of nitrogens with zero attached hydrogens (tertiary/aromatic N) is 1. The van der Waals surface area contributed by atoms with Crippen molar-refractivity contribution in [1.82, 2.24) is 10.2 Å². The van der Waals surface area contributed by atoms with Gasteiger partial charge in [0.25, 0.3) is 0 Å². The lowest BCUT2D eigenvalue weighted by molar-refractivity contribution is 0.0376. The van der Waals surface area contributed by atoms with E-state index in [-0.39, 0.29) is 0 Å². The molecule has 2 N–H and O–H groups in total. The van der Waals surface area contributed by atoms with Crippen LogP contribution < -0.4 is 15.4 Å². The predicted molar refractivity (Wildman–Crippen MR) is 98.2 cm³/mol. The molecule has 1 saturated heterocycles. The number of hydrogen-bond donors (Lipinski definition) is 2. The zero-order valence-corrected chi connectivity index (χ0v) is 14.2. The Labute approximate surface area is 143 Å². The molecule has 1 fully saturated rings. The monoisotopic (exact) mass is 335 g/mol. The lowest BCUT2D eigenvalue weighted by atomic mass is 10.3. The van der Waals surface area contributed by atoms with Gasteiger partial charge in [0.1, 0.15) is 12.4 Å². The van der Waals surface area contributed by atoms with Crippen LogP contribution in [-0.2, 0) is 4.74 Å². The van der Waals surface area contributed by atoms with Crippen LogP contribution in [0.25, 0.3) is 0 Å². The maximum atomic E-state index is 5.51. The molecule has 1 aromatic carbocycles. The van der Waals surface area contributed by atoms with Gasteiger partial charge in [-0.1, -0.05) is 18.7 Å². The minimum absolute atomic E-state index is 0.494. The van der Waals surface area contributed by atoms with E-state index in [0.29, 0.717) is 11.7 Å². The average molecular weight is 335 g/mol. The highest BCUT2D eigenvalue weighted by Crippen LogP contribution is 2.17. The Balaban J connectivity index is 1.64. The van der Waals surface area contributed by atoms with Gasteiger partial charge in [-0.15, -0.1) is 0 Å². The molecule has 0 radical (unpaired) electrons. The lowest BCUT2D eigenvalue weighted by Crippen LogP contribution is -2.38. The minimum atomic E-state index is 0.494. The number of benzene rings is 1. The molecule has 1 aliphatic heterocycles. The van der Waals surface area contributed by atoms with Gasteiger partial charge in [0.15, 0.2) is 5.11 Å². The van der Waals surface area contributed by atoms with Gasteiger partial charge in [-0.3, -0.25) is 4.90 Å². The van der Waals surface area contributed by atoms with Crippen molar-refractivity contribution in [2.24, 2.45) is 0 Å². The largest absolute Gasteiger partial charge is 0.489 e. The summed E-state index contributed by atoms with van der Waals surface area (Å²) in [5.74, 6) is 0.796. The smallest absolute Gasteiger partial charge is 0.170 e. The van der Waals surface area contributed by atoms with Crippen molar-refractivity contribution >= 4 is 23.0 Å². The first-order chi connectivity index (χ1) is 11.3. The molecule has 2 rings (SSSR count). The Morgan fingerprint density at radius 2 is 2.22 bits per heavy atom. The molecule has 126 valence electrons. The first kappa shape index (κ1) is 17.7. The molecule has 0 aliphatic carbocycles. The van der Waals surface area contributed by atoms with Gasteiger partial charge in [-0.05, 0) is 37.3 Å². The van der Waals surface area contributed by atoms with Gasteiger partial charge in [-0.2, -0.15) is 0 Å². The third kappa shape index (κ3) is 6.99. The molecule has 6 heteroatoms. The number of rotatable bonds is 8. The summed E-state index contributed by atoms with van der Waals surface area (Å²) in [7, 11) is 0. The zero-order valence-electron chi connectivity index (χ0n) is 13.4. The van der Waals surface area contributed by atoms with Crippen molar-refractivity contribution in [2.75, 3.05) is 51.3 Å². The van der Waals surface area contributed by atoms with Gasteiger partial charge in [0, 0.05) is 31.4 Å². The maximum absolute atomic E-state index is 5.51. The predicted octanol–water partition coefficient (Wildman–Crippen LogP) is 2.26. The molecular formula is C17H25N3O2S. The van der Waals surface area contributed by atoms with E-state index < -0.39 is 0 Å². The number of nitrogens with one attached hydrogen (secondary N) is 2. The van der Waals surface area contributed by atoms with Crippen molar-refractivity contribution in [2.45, 2.75) is 6.42 Å². The summed E-state index contributed by atoms with van der Waals surface area (Å²) in [6.45, 7) is 9.81. The minimum Gasteiger partial charge on any atom is -0.489 e. The second-order valence-corrected chi connectivity index (χ2v) is 5.72. The summed E-state index contributed by atoms with van der Waals surface area (Å²) in [6.07, 6.45) is 2.78. The molecule has 0 aromatic heterocycles. The Morgan fingerprint density at radius 3 is 3.00 bits per heavy atom. The third-order valence-corrected chi connectivity index (χ3v) is 3.75. The van der Waals surface area contributed by atoms with Crippen LogP contribution in [0.5, 0.6) is 5.75 Å². The third-order valence-electron chi connectivity index (χ3n) is 3.50. The maximum Gasteiger partial charge on any atom is 0.170 e. The summed E-state index contributed by atoms with van der Waals surface area (Å²) in [5, 5.41) is 7.05. The Hall–Kier alpha value is -1.63. The van der Waals surface area contributed by atoms with Crippen LogP contribution in [0.15, 0.2) is 36.9 Å². The number of ether oxygens (including phenoxy) is 2. The molecule has 1 aromatic rings. The van der Waals surface area contributed by atoms with E-state index in [2.05, 4.69) is 22.1 Å². The number of anilines is 1. The zero-order chi connectivity index (χ0) is 16.3. The van der Waals surface area contributed by atoms with E-state index >= 15 is 0 Å². The number of hydrogen-bond acceptors (Lipinski definition) is 4. The van der Waals surface area contributed by atoms with Crippen LogP contribution in [0.4, 0.5) is 5.69 Å². The average Bonchev–Trinajstić information content (AvgIpc) is 2.58. The quantitative estimate of drug-likeness (QED) is 0.432. The molecule has 0 spiro atoms. The SMILES string of the molecule is C=CCOc1cccc(NC(=S)NCCCN2CCOCC2)c1. The van der Waals surface area contributed by atoms with E-state index in [4.69, 9.17) is 21.7 Å². The van der Waals surface area contributed by atoms with Crippen molar-refractivity contribution in [3.63, 3.8) is 0 Å². The summed E-state index contributed by atoms with van der Waals surface area (Å²) < 4.78 is 10.8. The molecule has 0 saturated carbocycles. The molecule has 0 unspecified atom stereocenters. The van der Waals surface area contributed by atoms with Crippen LogP contribution in [0.3, 0.4) is 0 Å². The first-order valence-corrected chi connectivity index (χ1v) is 8.37. The fourth-order valence-corrected chi connectivity index (χ4v) is 2.54. The second kappa shape index (κ2) is 10.2. The van der Waals surface area contributed by atoms with Gasteiger partial charge >= 0.3 is 0 Å². The van der Waals surface area contributed by atoms with E-state index in [1.54, 1.807) is 6.08 Å².